The second kappa shape index (κ2) is 16.5. The first kappa shape index (κ1) is 37.0. The molecule has 0 radical (unpaired) electrons. The molecule has 0 aliphatic carbocycles. The van der Waals surface area contributed by atoms with Gasteiger partial charge >= 0.3 is 0 Å². The van der Waals surface area contributed by atoms with Crippen LogP contribution in [-0.2, 0) is 0 Å². The van der Waals surface area contributed by atoms with Gasteiger partial charge in [-0.2, -0.15) is 0 Å². The molecule has 1 aromatic heterocycles. The van der Waals surface area contributed by atoms with E-state index in [0.717, 1.165) is 83.7 Å². The van der Waals surface area contributed by atoms with Crippen molar-refractivity contribution in [1.29, 1.82) is 5.41 Å². The molecule has 5 nitrogen and oxygen atoms in total. The monoisotopic (exact) mass is 781 g/mol. The topological polar surface area (TPSA) is 74.6 Å². The molecule has 1 aliphatic rings. The molecule has 0 saturated heterocycles. The second-order valence-electron chi connectivity index (χ2n) is 14.9. The number of aromatic nitrogens is 3. The zero-order chi connectivity index (χ0) is 41.0. The Labute approximate surface area is 355 Å². The number of hydrogen-bond acceptors (Lipinski definition) is 5. The first-order valence-electron chi connectivity index (χ1n) is 20.4. The molecular formula is C56H39N5. The number of hydrogen-bond donors (Lipinski definition) is 2. The molecule has 1 aliphatic heterocycles. The lowest BCUT2D eigenvalue weighted by Gasteiger charge is -2.26. The molecule has 0 amide bonds. The van der Waals surface area contributed by atoms with Gasteiger partial charge in [0.25, 0.3) is 0 Å². The van der Waals surface area contributed by atoms with E-state index in [-0.39, 0.29) is 0 Å². The fraction of sp³-hybridized carbons (Fsp3) is 0. The molecule has 10 rings (SSSR count). The second-order valence-corrected chi connectivity index (χ2v) is 14.9. The van der Waals surface area contributed by atoms with Crippen LogP contribution in [0.25, 0.3) is 79.5 Å². The van der Waals surface area contributed by atoms with Crippen molar-refractivity contribution in [1.82, 2.24) is 20.3 Å². The molecule has 5 heteroatoms. The zero-order valence-electron chi connectivity index (χ0n) is 33.2. The third-order valence-corrected chi connectivity index (χ3v) is 10.9. The van der Waals surface area contributed by atoms with Crippen molar-refractivity contribution in [3.63, 3.8) is 0 Å². The molecule has 0 atom stereocenters. The van der Waals surface area contributed by atoms with Gasteiger partial charge in [0.05, 0.1) is 11.4 Å². The molecule has 61 heavy (non-hydrogen) atoms. The van der Waals surface area contributed by atoms with E-state index in [1.165, 1.54) is 0 Å². The Kier molecular flexibility index (Phi) is 10.0. The third-order valence-electron chi connectivity index (χ3n) is 10.9. The number of allylic oxidation sites excluding steroid dienone is 1. The molecular weight excluding hydrogens is 743 g/mol. The molecule has 9 aromatic rings. The minimum absolute atomic E-state index is 0.418. The summed E-state index contributed by atoms with van der Waals surface area (Å²) in [6, 6.07) is 74.3. The number of fused-ring (bicyclic) bond motifs is 1. The predicted molar refractivity (Wildman–Crippen MR) is 251 cm³/mol. The van der Waals surface area contributed by atoms with E-state index in [0.29, 0.717) is 23.2 Å². The van der Waals surface area contributed by atoms with Crippen LogP contribution < -0.4 is 5.32 Å². The van der Waals surface area contributed by atoms with Gasteiger partial charge in [-0.3, -0.25) is 5.41 Å². The summed E-state index contributed by atoms with van der Waals surface area (Å²) in [5, 5.41) is 13.6. The lowest BCUT2D eigenvalue weighted by Crippen LogP contribution is -2.20. The van der Waals surface area contributed by atoms with Gasteiger partial charge in [-0.15, -0.1) is 0 Å². The molecule has 0 fully saturated rings. The molecule has 2 N–H and O–H groups in total. The summed E-state index contributed by atoms with van der Waals surface area (Å²) < 4.78 is 0. The standard InChI is InChI=1S/C56H39N5/c57-52(42-26-14-5-15-27-42)51(41-24-12-4-13-25-41)53-49-36-48(33-32-45(49)37-50(58-53)40-22-10-3-11-23-40)56-60-54(46-30-16-28-43(34-46)38-18-6-1-7-19-38)59-55(61-56)47-31-17-29-44(35-47)39-20-8-2-9-21-39/h1-37,57-58H/b53-51-,57-52?. The summed E-state index contributed by atoms with van der Waals surface area (Å²) in [7, 11) is 0. The van der Waals surface area contributed by atoms with Crippen LogP contribution in [0.5, 0.6) is 0 Å². The molecule has 0 saturated carbocycles. The van der Waals surface area contributed by atoms with Crippen LogP contribution in [0.3, 0.4) is 0 Å². The Balaban J connectivity index is 1.18. The maximum atomic E-state index is 9.75. The lowest BCUT2D eigenvalue weighted by molar-refractivity contribution is 1.07. The number of benzene rings is 8. The average Bonchev–Trinajstić information content (AvgIpc) is 3.35. The van der Waals surface area contributed by atoms with Crippen molar-refractivity contribution in [3.05, 3.63) is 246 Å². The van der Waals surface area contributed by atoms with Crippen molar-refractivity contribution in [2.75, 3.05) is 0 Å². The van der Waals surface area contributed by atoms with Crippen LogP contribution in [0.1, 0.15) is 27.8 Å². The largest absolute Gasteiger partial charge is 0.354 e. The van der Waals surface area contributed by atoms with Gasteiger partial charge in [-0.05, 0) is 63.2 Å². The van der Waals surface area contributed by atoms with Crippen molar-refractivity contribution in [2.24, 2.45) is 0 Å². The highest BCUT2D eigenvalue weighted by atomic mass is 15.0. The van der Waals surface area contributed by atoms with E-state index in [1.54, 1.807) is 0 Å². The Morgan fingerprint density at radius 3 is 1.28 bits per heavy atom. The van der Waals surface area contributed by atoms with Crippen LogP contribution in [0, 0.1) is 5.41 Å². The molecule has 0 bridgehead atoms. The Morgan fingerprint density at radius 2 is 0.770 bits per heavy atom. The highest BCUT2D eigenvalue weighted by Gasteiger charge is 2.25. The zero-order valence-corrected chi connectivity index (χ0v) is 33.2. The minimum atomic E-state index is 0.418. The van der Waals surface area contributed by atoms with Gasteiger partial charge in [0.1, 0.15) is 0 Å². The fourth-order valence-electron chi connectivity index (χ4n) is 7.87. The summed E-state index contributed by atoms with van der Waals surface area (Å²) >= 11 is 0. The van der Waals surface area contributed by atoms with E-state index in [2.05, 4.69) is 151 Å². The van der Waals surface area contributed by atoms with E-state index in [4.69, 9.17) is 15.0 Å². The van der Waals surface area contributed by atoms with E-state index in [9.17, 15) is 5.41 Å². The average molecular weight is 782 g/mol. The first-order valence-corrected chi connectivity index (χ1v) is 20.4. The smallest absolute Gasteiger partial charge is 0.164 e. The molecule has 2 heterocycles. The van der Waals surface area contributed by atoms with Crippen molar-refractivity contribution >= 4 is 28.8 Å². The molecule has 8 aromatic carbocycles. The van der Waals surface area contributed by atoms with Crippen LogP contribution in [0.2, 0.25) is 0 Å². The molecule has 288 valence electrons. The Hall–Kier alpha value is -8.28. The van der Waals surface area contributed by atoms with Crippen LogP contribution in [-0.4, -0.2) is 20.7 Å². The highest BCUT2D eigenvalue weighted by Crippen LogP contribution is 2.39. The maximum absolute atomic E-state index is 9.75. The highest BCUT2D eigenvalue weighted by molar-refractivity contribution is 6.36. The first-order chi connectivity index (χ1) is 30.1. The number of nitrogens with one attached hydrogen (secondary N) is 2. The maximum Gasteiger partial charge on any atom is 0.164 e. The normalized spacial score (nSPS) is 12.8. The SMILES string of the molecule is N=C(/C(=C1\NC(c2ccccc2)=Cc2ccc(-c3nc(-c4cccc(-c5ccccc5)c4)nc(-c4cccc(-c5ccccc5)c4)n3)cc21)c1ccccc1)c1ccccc1. The lowest BCUT2D eigenvalue weighted by atomic mass is 9.87. The van der Waals surface area contributed by atoms with Crippen LogP contribution in [0.4, 0.5) is 0 Å². The van der Waals surface area contributed by atoms with Gasteiger partial charge in [-0.25, -0.2) is 15.0 Å². The fourth-order valence-corrected chi connectivity index (χ4v) is 7.87. The Bertz CT molecular complexity index is 2990. The Morgan fingerprint density at radius 1 is 0.361 bits per heavy atom. The van der Waals surface area contributed by atoms with Gasteiger partial charge in [0, 0.05) is 39.1 Å². The van der Waals surface area contributed by atoms with Crippen molar-refractivity contribution < 1.29 is 0 Å². The van der Waals surface area contributed by atoms with E-state index >= 15 is 0 Å². The van der Waals surface area contributed by atoms with E-state index in [1.807, 2.05) is 78.9 Å². The quantitative estimate of drug-likeness (QED) is 0.143. The van der Waals surface area contributed by atoms with Gasteiger partial charge in [-0.1, -0.05) is 200 Å². The minimum Gasteiger partial charge on any atom is -0.354 e. The van der Waals surface area contributed by atoms with Crippen LogP contribution >= 0.6 is 0 Å². The summed E-state index contributed by atoms with van der Waals surface area (Å²) in [5.74, 6) is 1.71. The number of rotatable bonds is 9. The number of nitrogens with zero attached hydrogens (tertiary/aromatic N) is 3. The predicted octanol–water partition coefficient (Wildman–Crippen LogP) is 13.2. The van der Waals surface area contributed by atoms with Gasteiger partial charge in [0.2, 0.25) is 0 Å². The molecule has 0 unspecified atom stereocenters. The van der Waals surface area contributed by atoms with Crippen molar-refractivity contribution in [3.8, 4) is 56.4 Å². The van der Waals surface area contributed by atoms with Gasteiger partial charge in [0.15, 0.2) is 17.5 Å². The summed E-state index contributed by atoms with van der Waals surface area (Å²) in [5.41, 5.74) is 14.8. The van der Waals surface area contributed by atoms with E-state index < -0.39 is 0 Å². The summed E-state index contributed by atoms with van der Waals surface area (Å²) in [4.78, 5) is 15.6. The molecule has 0 spiro atoms. The third kappa shape index (κ3) is 7.72. The summed E-state index contributed by atoms with van der Waals surface area (Å²) in [6.45, 7) is 0. The van der Waals surface area contributed by atoms with Gasteiger partial charge < -0.3 is 5.32 Å². The van der Waals surface area contributed by atoms with Crippen LogP contribution in [0.15, 0.2) is 218 Å². The summed E-state index contributed by atoms with van der Waals surface area (Å²) in [6.07, 6.45) is 2.18. The van der Waals surface area contributed by atoms with Crippen molar-refractivity contribution in [2.45, 2.75) is 0 Å².